The Bertz CT molecular complexity index is 1870. The molecule has 1 atom stereocenters. The topological polar surface area (TPSA) is 69.3 Å². The lowest BCUT2D eigenvalue weighted by molar-refractivity contribution is -0.126. The first kappa shape index (κ1) is 27.8. The molecule has 1 aliphatic carbocycles. The molecule has 1 amide bonds. The largest absolute Gasteiger partial charge is 0.363 e. The van der Waals surface area contributed by atoms with Gasteiger partial charge in [-0.05, 0) is 72.2 Å². The number of benzene rings is 3. The summed E-state index contributed by atoms with van der Waals surface area (Å²) in [6, 6.07) is 20.3. The number of fused-ring (bicyclic) bond motifs is 2. The van der Waals surface area contributed by atoms with Gasteiger partial charge in [0.25, 0.3) is 5.56 Å². The van der Waals surface area contributed by atoms with Gasteiger partial charge in [0.1, 0.15) is 11.6 Å². The molecular weight excluding hydrogens is 544 g/mol. The van der Waals surface area contributed by atoms with Gasteiger partial charge in [-0.15, -0.1) is 0 Å². The Morgan fingerprint density at radius 1 is 1.10 bits per heavy atom. The maximum absolute atomic E-state index is 14.4. The standard InChI is InChI=1S/C35H33ClN4O2/c1-5-33(41)38-14-15-39(22(4)20-38)34-28-17-30(36)27(25-13-11-23-10-12-24(23)16-25)18-32(28)40(35(42)29(34)19-37)31-9-7-6-8-26(31)21(2)3/h5-9,11,13,16-18,21-22H,1,10,12,14-15,20H2,2-4H3/t22-/m0/s1. The van der Waals surface area contributed by atoms with E-state index in [-0.39, 0.29) is 29.0 Å². The van der Waals surface area contributed by atoms with Gasteiger partial charge in [-0.1, -0.05) is 68.4 Å². The Balaban J connectivity index is 1.65. The number of pyridine rings is 1. The molecule has 0 saturated carbocycles. The number of hydrogen-bond donors (Lipinski definition) is 0. The van der Waals surface area contributed by atoms with Gasteiger partial charge >= 0.3 is 0 Å². The zero-order chi connectivity index (χ0) is 29.7. The summed E-state index contributed by atoms with van der Waals surface area (Å²) >= 11 is 7.04. The van der Waals surface area contributed by atoms with E-state index in [1.807, 2.05) is 43.3 Å². The molecule has 0 N–H and O–H groups in total. The summed E-state index contributed by atoms with van der Waals surface area (Å²) in [5.41, 5.74) is 7.28. The average molecular weight is 577 g/mol. The molecule has 1 aliphatic heterocycles. The van der Waals surface area contributed by atoms with Crippen molar-refractivity contribution in [3.8, 4) is 22.9 Å². The molecule has 1 aromatic heterocycles. The van der Waals surface area contributed by atoms with Crippen LogP contribution in [0.25, 0.3) is 27.7 Å². The molecule has 2 aliphatic rings. The molecule has 0 spiro atoms. The molecule has 212 valence electrons. The third-order valence-corrected chi connectivity index (χ3v) is 9.04. The molecule has 42 heavy (non-hydrogen) atoms. The highest BCUT2D eigenvalue weighted by Crippen LogP contribution is 2.40. The van der Waals surface area contributed by atoms with E-state index in [1.165, 1.54) is 17.2 Å². The number of nitriles is 1. The number of nitrogens with zero attached hydrogens (tertiary/aromatic N) is 4. The summed E-state index contributed by atoms with van der Waals surface area (Å²) in [5.74, 6) is 0.0300. The number of halogens is 1. The summed E-state index contributed by atoms with van der Waals surface area (Å²) < 4.78 is 1.69. The average Bonchev–Trinajstić information content (AvgIpc) is 2.97. The second kappa shape index (κ2) is 10.8. The summed E-state index contributed by atoms with van der Waals surface area (Å²) in [6.07, 6.45) is 3.47. The number of hydrogen-bond acceptors (Lipinski definition) is 4. The molecule has 0 bridgehead atoms. The van der Waals surface area contributed by atoms with Crippen LogP contribution in [-0.4, -0.2) is 41.1 Å². The van der Waals surface area contributed by atoms with E-state index in [4.69, 9.17) is 11.6 Å². The lowest BCUT2D eigenvalue weighted by Crippen LogP contribution is -2.54. The quantitative estimate of drug-likeness (QED) is 0.250. The smallest absolute Gasteiger partial charge is 0.275 e. The third-order valence-electron chi connectivity index (χ3n) is 8.73. The lowest BCUT2D eigenvalue weighted by Gasteiger charge is -2.41. The highest BCUT2D eigenvalue weighted by molar-refractivity contribution is 6.34. The van der Waals surface area contributed by atoms with Crippen LogP contribution in [0, 0.1) is 11.3 Å². The van der Waals surface area contributed by atoms with Crippen molar-refractivity contribution in [1.82, 2.24) is 9.47 Å². The van der Waals surface area contributed by atoms with E-state index in [1.54, 1.807) is 9.47 Å². The number of rotatable bonds is 5. The number of aromatic nitrogens is 1. The van der Waals surface area contributed by atoms with E-state index in [0.29, 0.717) is 35.9 Å². The van der Waals surface area contributed by atoms with E-state index in [0.717, 1.165) is 40.6 Å². The molecule has 0 radical (unpaired) electrons. The fourth-order valence-electron chi connectivity index (χ4n) is 6.41. The Hall–Kier alpha value is -4.34. The SMILES string of the molecule is C=CC(=O)N1CCN(c2c(C#N)c(=O)n(-c3ccccc3C(C)C)c3cc(-c4ccc5c(c4)CC5)c(Cl)cc23)[C@@H](C)C1. The minimum atomic E-state index is -0.365. The number of aryl methyl sites for hydroxylation is 2. The van der Waals surface area contributed by atoms with Gasteiger partial charge in [-0.3, -0.25) is 14.2 Å². The molecule has 6 rings (SSSR count). The zero-order valence-corrected chi connectivity index (χ0v) is 24.9. The maximum Gasteiger partial charge on any atom is 0.275 e. The summed E-state index contributed by atoms with van der Waals surface area (Å²) in [4.78, 5) is 30.6. The van der Waals surface area contributed by atoms with Gasteiger partial charge in [0.05, 0.1) is 16.9 Å². The predicted octanol–water partition coefficient (Wildman–Crippen LogP) is 6.63. The van der Waals surface area contributed by atoms with Crippen molar-refractivity contribution in [3.63, 3.8) is 0 Å². The maximum atomic E-state index is 14.4. The van der Waals surface area contributed by atoms with E-state index in [9.17, 15) is 14.9 Å². The first-order valence-electron chi connectivity index (χ1n) is 14.4. The number of anilines is 1. The van der Waals surface area contributed by atoms with Crippen molar-refractivity contribution >= 4 is 34.1 Å². The minimum absolute atomic E-state index is 0.0706. The Labute approximate surface area is 251 Å². The monoisotopic (exact) mass is 576 g/mol. The van der Waals surface area contributed by atoms with E-state index in [2.05, 4.69) is 49.6 Å². The van der Waals surface area contributed by atoms with Gasteiger partial charge in [0.15, 0.2) is 0 Å². The van der Waals surface area contributed by atoms with E-state index >= 15 is 0 Å². The van der Waals surface area contributed by atoms with Gasteiger partial charge < -0.3 is 9.80 Å². The predicted molar refractivity (Wildman–Crippen MR) is 170 cm³/mol. The van der Waals surface area contributed by atoms with Gasteiger partial charge in [0, 0.05) is 41.6 Å². The van der Waals surface area contributed by atoms with Crippen LogP contribution in [0.1, 0.15) is 48.9 Å². The Kier molecular flexibility index (Phi) is 7.16. The summed E-state index contributed by atoms with van der Waals surface area (Å²) in [6.45, 7) is 11.2. The van der Waals surface area contributed by atoms with Crippen molar-refractivity contribution < 1.29 is 4.79 Å². The lowest BCUT2D eigenvalue weighted by atomic mass is 9.86. The molecule has 7 heteroatoms. The Morgan fingerprint density at radius 2 is 1.86 bits per heavy atom. The zero-order valence-electron chi connectivity index (χ0n) is 24.2. The van der Waals surface area contributed by atoms with E-state index < -0.39 is 0 Å². The third kappa shape index (κ3) is 4.49. The minimum Gasteiger partial charge on any atom is -0.363 e. The second-order valence-electron chi connectivity index (χ2n) is 11.6. The van der Waals surface area contributed by atoms with Crippen LogP contribution in [0.4, 0.5) is 5.69 Å². The van der Waals surface area contributed by atoms with Crippen molar-refractivity contribution in [2.75, 3.05) is 24.5 Å². The summed E-state index contributed by atoms with van der Waals surface area (Å²) in [7, 11) is 0. The molecule has 0 unspecified atom stereocenters. The van der Waals surface area contributed by atoms with Crippen LogP contribution in [0.2, 0.25) is 5.02 Å². The molecule has 6 nitrogen and oxygen atoms in total. The van der Waals surface area contributed by atoms with Crippen LogP contribution in [0.3, 0.4) is 0 Å². The molecule has 1 saturated heterocycles. The van der Waals surface area contributed by atoms with Crippen molar-refractivity contribution in [2.45, 2.75) is 45.6 Å². The van der Waals surface area contributed by atoms with Crippen LogP contribution in [0.15, 0.2) is 72.0 Å². The Morgan fingerprint density at radius 3 is 2.50 bits per heavy atom. The fraction of sp³-hybridized carbons (Fsp3) is 0.286. The number of amides is 1. The van der Waals surface area contributed by atoms with Crippen LogP contribution in [0.5, 0.6) is 0 Å². The highest BCUT2D eigenvalue weighted by atomic mass is 35.5. The number of carbonyl (C=O) groups excluding carboxylic acids is 1. The van der Waals surface area contributed by atoms with Crippen LogP contribution < -0.4 is 10.5 Å². The van der Waals surface area contributed by atoms with Gasteiger partial charge in [-0.25, -0.2) is 0 Å². The van der Waals surface area contributed by atoms with Crippen LogP contribution in [-0.2, 0) is 17.6 Å². The fourth-order valence-corrected chi connectivity index (χ4v) is 6.69. The van der Waals surface area contributed by atoms with Crippen molar-refractivity contribution in [2.24, 2.45) is 0 Å². The normalized spacial score (nSPS) is 16.2. The molecular formula is C35H33ClN4O2. The molecule has 4 aromatic rings. The number of carbonyl (C=O) groups is 1. The molecule has 2 heterocycles. The van der Waals surface area contributed by atoms with Gasteiger partial charge in [-0.2, -0.15) is 5.26 Å². The number of piperazine rings is 1. The molecule has 1 fully saturated rings. The van der Waals surface area contributed by atoms with Crippen molar-refractivity contribution in [1.29, 1.82) is 5.26 Å². The second-order valence-corrected chi connectivity index (χ2v) is 12.0. The van der Waals surface area contributed by atoms with Crippen LogP contribution >= 0.6 is 11.6 Å². The van der Waals surface area contributed by atoms with Gasteiger partial charge in [0.2, 0.25) is 5.91 Å². The molecule has 3 aromatic carbocycles. The first-order chi connectivity index (χ1) is 20.2. The first-order valence-corrected chi connectivity index (χ1v) is 14.8. The number of para-hydroxylation sites is 1. The summed E-state index contributed by atoms with van der Waals surface area (Å²) in [5, 5.41) is 11.8. The highest BCUT2D eigenvalue weighted by Gasteiger charge is 2.31. The van der Waals surface area contributed by atoms with Crippen molar-refractivity contribution in [3.05, 3.63) is 105 Å².